The van der Waals surface area contributed by atoms with E-state index in [9.17, 15) is 9.59 Å². The molecule has 0 aromatic heterocycles. The van der Waals surface area contributed by atoms with Crippen molar-refractivity contribution >= 4 is 33.6 Å². The minimum absolute atomic E-state index is 0.167. The van der Waals surface area contributed by atoms with Crippen LogP contribution < -0.4 is 5.32 Å². The van der Waals surface area contributed by atoms with Crippen LogP contribution in [0.1, 0.15) is 56.1 Å². The van der Waals surface area contributed by atoms with Gasteiger partial charge >= 0.3 is 6.09 Å². The lowest BCUT2D eigenvalue weighted by Gasteiger charge is -2.24. The Morgan fingerprint density at radius 1 is 1.00 bits per heavy atom. The summed E-state index contributed by atoms with van der Waals surface area (Å²) in [6, 6.07) is 12.9. The topological polar surface area (TPSA) is 58.6 Å². The fraction of sp³-hybridized carbons (Fsp3) is 0.364. The van der Waals surface area contributed by atoms with Crippen molar-refractivity contribution in [2.75, 3.05) is 5.32 Å². The van der Waals surface area contributed by atoms with Crippen LogP contribution in [0.25, 0.3) is 0 Å². The first kappa shape index (κ1) is 22.0. The highest BCUT2D eigenvalue weighted by atomic mass is 79.9. The van der Waals surface area contributed by atoms with Crippen molar-refractivity contribution in [1.29, 1.82) is 0 Å². The van der Waals surface area contributed by atoms with Crippen LogP contribution in [0, 0.1) is 0 Å². The molecular weight excluding hydrogens is 420 g/mol. The standard InChI is InChI=1S/C20H21BrN2O3.C2H6/c1-20(2,3)26-19(25)23-11-14-6-9-17(10-15(14)12-23)22-18(24)13-4-7-16(21)8-5-13;1-2/h4-10H,11-12H2,1-3H3,(H,22,24);1-2H3. The number of rotatable bonds is 2. The van der Waals surface area contributed by atoms with Gasteiger partial charge in [0.2, 0.25) is 0 Å². The molecule has 1 aliphatic rings. The number of carbonyl (C=O) groups excluding carboxylic acids is 2. The molecule has 1 aliphatic heterocycles. The SMILES string of the molecule is CC.CC(C)(C)OC(=O)N1Cc2ccc(NC(=O)c3ccc(Br)cc3)cc2C1. The van der Waals surface area contributed by atoms with Crippen LogP contribution in [-0.4, -0.2) is 22.5 Å². The van der Waals surface area contributed by atoms with Crippen LogP contribution in [0.2, 0.25) is 0 Å². The second-order valence-corrected chi connectivity index (χ2v) is 8.20. The molecule has 2 aromatic rings. The third kappa shape index (κ3) is 5.83. The Morgan fingerprint density at radius 2 is 1.61 bits per heavy atom. The first-order valence-corrected chi connectivity index (χ1v) is 10.2. The van der Waals surface area contributed by atoms with Gasteiger partial charge in [0.05, 0.1) is 0 Å². The van der Waals surface area contributed by atoms with Crippen LogP contribution >= 0.6 is 15.9 Å². The predicted octanol–water partition coefficient (Wildman–Crippen LogP) is 5.98. The normalized spacial score (nSPS) is 12.6. The van der Waals surface area contributed by atoms with Crippen molar-refractivity contribution in [2.45, 2.75) is 53.3 Å². The molecule has 0 saturated carbocycles. The quantitative estimate of drug-likeness (QED) is 0.616. The number of fused-ring (bicyclic) bond motifs is 1. The number of benzene rings is 2. The highest BCUT2D eigenvalue weighted by Gasteiger charge is 2.27. The molecule has 0 unspecified atom stereocenters. The van der Waals surface area contributed by atoms with Crippen LogP contribution in [0.5, 0.6) is 0 Å². The van der Waals surface area contributed by atoms with Gasteiger partial charge in [-0.25, -0.2) is 4.79 Å². The maximum atomic E-state index is 12.3. The zero-order valence-corrected chi connectivity index (χ0v) is 18.6. The summed E-state index contributed by atoms with van der Waals surface area (Å²) in [5, 5.41) is 2.90. The molecule has 1 N–H and O–H groups in total. The largest absolute Gasteiger partial charge is 0.444 e. The molecule has 2 aromatic carbocycles. The Kier molecular flexibility index (Phi) is 7.24. The molecule has 0 radical (unpaired) electrons. The number of amides is 2. The monoisotopic (exact) mass is 446 g/mol. The number of hydrogen-bond acceptors (Lipinski definition) is 3. The van der Waals surface area contributed by atoms with E-state index in [1.54, 1.807) is 17.0 Å². The van der Waals surface area contributed by atoms with E-state index in [1.165, 1.54) is 0 Å². The average molecular weight is 447 g/mol. The summed E-state index contributed by atoms with van der Waals surface area (Å²) in [5.41, 5.74) is 2.86. The van der Waals surface area contributed by atoms with Gasteiger partial charge in [0, 0.05) is 28.8 Å². The molecule has 150 valence electrons. The van der Waals surface area contributed by atoms with E-state index < -0.39 is 5.60 Å². The maximum absolute atomic E-state index is 12.3. The van der Waals surface area contributed by atoms with E-state index in [2.05, 4.69) is 21.2 Å². The molecule has 1 heterocycles. The fourth-order valence-electron chi connectivity index (χ4n) is 2.73. The summed E-state index contributed by atoms with van der Waals surface area (Å²) in [7, 11) is 0. The lowest BCUT2D eigenvalue weighted by Crippen LogP contribution is -2.33. The molecular formula is C22H27BrN2O3. The Morgan fingerprint density at radius 3 is 2.21 bits per heavy atom. The van der Waals surface area contributed by atoms with Gasteiger partial charge < -0.3 is 10.1 Å². The molecule has 0 saturated heterocycles. The van der Waals surface area contributed by atoms with Crippen molar-refractivity contribution < 1.29 is 14.3 Å². The van der Waals surface area contributed by atoms with E-state index in [0.717, 1.165) is 15.6 Å². The summed E-state index contributed by atoms with van der Waals surface area (Å²) < 4.78 is 6.35. The number of hydrogen-bond donors (Lipinski definition) is 1. The number of halogens is 1. The molecule has 3 rings (SSSR count). The lowest BCUT2D eigenvalue weighted by atomic mass is 10.1. The third-order valence-corrected chi connectivity index (χ3v) is 4.47. The number of nitrogens with one attached hydrogen (secondary N) is 1. The molecule has 0 aliphatic carbocycles. The smallest absolute Gasteiger partial charge is 0.410 e. The predicted molar refractivity (Wildman–Crippen MR) is 115 cm³/mol. The zero-order valence-electron chi connectivity index (χ0n) is 17.0. The van der Waals surface area contributed by atoms with E-state index in [4.69, 9.17) is 4.74 Å². The van der Waals surface area contributed by atoms with Gasteiger partial charge in [0.1, 0.15) is 5.60 Å². The molecule has 0 spiro atoms. The zero-order chi connectivity index (χ0) is 20.9. The average Bonchev–Trinajstić information content (AvgIpc) is 3.06. The first-order chi connectivity index (χ1) is 13.2. The van der Waals surface area contributed by atoms with E-state index in [0.29, 0.717) is 24.3 Å². The van der Waals surface area contributed by atoms with Crippen molar-refractivity contribution in [3.63, 3.8) is 0 Å². The summed E-state index contributed by atoms with van der Waals surface area (Å²) in [4.78, 5) is 26.2. The van der Waals surface area contributed by atoms with Crippen molar-refractivity contribution in [3.05, 3.63) is 63.6 Å². The van der Waals surface area contributed by atoms with Gasteiger partial charge in [-0.15, -0.1) is 0 Å². The summed E-state index contributed by atoms with van der Waals surface area (Å²) in [5.74, 6) is -0.167. The molecule has 5 nitrogen and oxygen atoms in total. The van der Waals surface area contributed by atoms with Crippen LogP contribution in [0.3, 0.4) is 0 Å². The van der Waals surface area contributed by atoms with E-state index in [1.807, 2.05) is 65.0 Å². The van der Waals surface area contributed by atoms with Gasteiger partial charge in [-0.1, -0.05) is 35.8 Å². The maximum Gasteiger partial charge on any atom is 0.410 e. The number of nitrogens with zero attached hydrogens (tertiary/aromatic N) is 1. The summed E-state index contributed by atoms with van der Waals surface area (Å²) in [6.07, 6.45) is -0.325. The Hall–Kier alpha value is -2.34. The first-order valence-electron chi connectivity index (χ1n) is 9.38. The molecule has 0 fully saturated rings. The number of ether oxygens (including phenoxy) is 1. The minimum Gasteiger partial charge on any atom is -0.444 e. The Balaban J connectivity index is 0.00000136. The van der Waals surface area contributed by atoms with E-state index >= 15 is 0 Å². The highest BCUT2D eigenvalue weighted by Crippen LogP contribution is 2.27. The number of carbonyl (C=O) groups is 2. The Labute approximate surface area is 175 Å². The lowest BCUT2D eigenvalue weighted by molar-refractivity contribution is 0.0241. The van der Waals surface area contributed by atoms with Crippen LogP contribution in [0.15, 0.2) is 46.9 Å². The second-order valence-electron chi connectivity index (χ2n) is 7.28. The van der Waals surface area contributed by atoms with Gasteiger partial charge in [-0.2, -0.15) is 0 Å². The van der Waals surface area contributed by atoms with Crippen molar-refractivity contribution in [2.24, 2.45) is 0 Å². The van der Waals surface area contributed by atoms with Gasteiger partial charge in [-0.3, -0.25) is 9.69 Å². The van der Waals surface area contributed by atoms with Gasteiger partial charge in [0.15, 0.2) is 0 Å². The molecule has 2 amide bonds. The van der Waals surface area contributed by atoms with Crippen LogP contribution in [-0.2, 0) is 17.8 Å². The van der Waals surface area contributed by atoms with Gasteiger partial charge in [-0.05, 0) is 68.3 Å². The summed E-state index contributed by atoms with van der Waals surface area (Å²) in [6.45, 7) is 10.6. The molecule has 6 heteroatoms. The van der Waals surface area contributed by atoms with Gasteiger partial charge in [0.25, 0.3) is 5.91 Å². The number of anilines is 1. The van der Waals surface area contributed by atoms with Crippen molar-refractivity contribution in [3.8, 4) is 0 Å². The molecule has 0 bridgehead atoms. The minimum atomic E-state index is -0.518. The van der Waals surface area contributed by atoms with E-state index in [-0.39, 0.29) is 12.0 Å². The van der Waals surface area contributed by atoms with Crippen LogP contribution in [0.4, 0.5) is 10.5 Å². The van der Waals surface area contributed by atoms with Crippen molar-refractivity contribution in [1.82, 2.24) is 4.90 Å². The molecule has 28 heavy (non-hydrogen) atoms. The third-order valence-electron chi connectivity index (χ3n) is 3.94. The second kappa shape index (κ2) is 9.24. The fourth-order valence-corrected chi connectivity index (χ4v) is 3.00. The summed E-state index contributed by atoms with van der Waals surface area (Å²) >= 11 is 3.36. The molecule has 0 atom stereocenters. The Bertz CT molecular complexity index is 842. The highest BCUT2D eigenvalue weighted by molar-refractivity contribution is 9.10.